The Kier molecular flexibility index (Phi) is 8.51. The molecule has 1 aromatic heterocycles. The molecule has 1 aliphatic rings. The summed E-state index contributed by atoms with van der Waals surface area (Å²) in [6, 6.07) is 0. The van der Waals surface area contributed by atoms with Crippen molar-refractivity contribution in [3.63, 3.8) is 0 Å². The Morgan fingerprint density at radius 1 is 1.52 bits per heavy atom. The molecule has 2 heterocycles. The standard InChI is InChI=1S/C15H27N5O2.ClH/c1-11(2)8-13-18-14(22-19-13)10-20-7-3-4-12(9-20)15(21)17-6-5-16;/h11-12H,3-10,16H2,1-2H3,(H,17,21);1H. The van der Waals surface area contributed by atoms with E-state index < -0.39 is 0 Å². The summed E-state index contributed by atoms with van der Waals surface area (Å²) in [5.74, 6) is 2.04. The van der Waals surface area contributed by atoms with E-state index in [0.29, 0.717) is 31.4 Å². The van der Waals surface area contributed by atoms with Gasteiger partial charge in [-0.3, -0.25) is 9.69 Å². The lowest BCUT2D eigenvalue weighted by Crippen LogP contribution is -2.43. The summed E-state index contributed by atoms with van der Waals surface area (Å²) >= 11 is 0. The molecule has 1 aliphatic heterocycles. The van der Waals surface area contributed by atoms with Gasteiger partial charge in [0, 0.05) is 26.1 Å². The van der Waals surface area contributed by atoms with Gasteiger partial charge < -0.3 is 15.6 Å². The quantitative estimate of drug-likeness (QED) is 0.764. The highest BCUT2D eigenvalue weighted by atomic mass is 35.5. The molecule has 1 fully saturated rings. The third-order valence-electron chi connectivity index (χ3n) is 3.78. The van der Waals surface area contributed by atoms with Crippen LogP contribution in [0.1, 0.15) is 38.4 Å². The Balaban J connectivity index is 0.00000264. The lowest BCUT2D eigenvalue weighted by atomic mass is 9.97. The monoisotopic (exact) mass is 345 g/mol. The first-order chi connectivity index (χ1) is 10.6. The van der Waals surface area contributed by atoms with Crippen molar-refractivity contribution in [1.29, 1.82) is 0 Å². The number of nitrogens with zero attached hydrogens (tertiary/aromatic N) is 3. The first-order valence-electron chi connectivity index (χ1n) is 8.10. The fourth-order valence-corrected chi connectivity index (χ4v) is 2.75. The van der Waals surface area contributed by atoms with E-state index in [1.165, 1.54) is 0 Å². The zero-order valence-electron chi connectivity index (χ0n) is 14.0. The van der Waals surface area contributed by atoms with E-state index in [0.717, 1.165) is 38.2 Å². The van der Waals surface area contributed by atoms with Gasteiger partial charge in [-0.05, 0) is 25.3 Å². The fourth-order valence-electron chi connectivity index (χ4n) is 2.75. The minimum Gasteiger partial charge on any atom is -0.355 e. The maximum Gasteiger partial charge on any atom is 0.240 e. The van der Waals surface area contributed by atoms with Crippen LogP contribution in [0.4, 0.5) is 0 Å². The summed E-state index contributed by atoms with van der Waals surface area (Å²) in [5, 5.41) is 6.88. The normalized spacial score (nSPS) is 18.7. The van der Waals surface area contributed by atoms with E-state index in [4.69, 9.17) is 10.3 Å². The van der Waals surface area contributed by atoms with Crippen LogP contribution in [0, 0.1) is 11.8 Å². The Morgan fingerprint density at radius 2 is 2.30 bits per heavy atom. The van der Waals surface area contributed by atoms with Gasteiger partial charge in [0.2, 0.25) is 11.8 Å². The first kappa shape index (κ1) is 19.9. The second-order valence-electron chi connectivity index (χ2n) is 6.36. The number of amides is 1. The van der Waals surface area contributed by atoms with Gasteiger partial charge >= 0.3 is 0 Å². The molecule has 7 nitrogen and oxygen atoms in total. The summed E-state index contributed by atoms with van der Waals surface area (Å²) < 4.78 is 5.31. The number of nitrogens with one attached hydrogen (secondary N) is 1. The van der Waals surface area contributed by atoms with Crippen molar-refractivity contribution < 1.29 is 9.32 Å². The minimum atomic E-state index is 0. The van der Waals surface area contributed by atoms with E-state index >= 15 is 0 Å². The maximum absolute atomic E-state index is 12.0. The van der Waals surface area contributed by atoms with Crippen LogP contribution in [0.3, 0.4) is 0 Å². The Bertz CT molecular complexity index is 480. The molecule has 0 bridgehead atoms. The van der Waals surface area contributed by atoms with Gasteiger partial charge in [0.1, 0.15) is 0 Å². The molecular formula is C15H28ClN5O2. The van der Waals surface area contributed by atoms with Crippen molar-refractivity contribution in [2.24, 2.45) is 17.6 Å². The molecule has 2 rings (SSSR count). The van der Waals surface area contributed by atoms with Gasteiger partial charge in [-0.15, -0.1) is 12.4 Å². The number of halogens is 1. The third kappa shape index (κ3) is 6.45. The molecule has 132 valence electrons. The number of rotatable bonds is 7. The van der Waals surface area contributed by atoms with Crippen LogP contribution in [-0.4, -0.2) is 47.1 Å². The molecule has 0 saturated carbocycles. The Morgan fingerprint density at radius 3 is 3.00 bits per heavy atom. The van der Waals surface area contributed by atoms with Crippen molar-refractivity contribution in [2.75, 3.05) is 26.2 Å². The zero-order chi connectivity index (χ0) is 15.9. The molecule has 1 atom stereocenters. The highest BCUT2D eigenvalue weighted by molar-refractivity contribution is 5.85. The SMILES string of the molecule is CC(C)Cc1noc(CN2CCCC(C(=O)NCCN)C2)n1.Cl. The van der Waals surface area contributed by atoms with Gasteiger partial charge in [-0.2, -0.15) is 4.98 Å². The number of carbonyl (C=O) groups excluding carboxylic acids is 1. The molecule has 23 heavy (non-hydrogen) atoms. The van der Waals surface area contributed by atoms with Gasteiger partial charge in [0.15, 0.2) is 5.82 Å². The van der Waals surface area contributed by atoms with Crippen molar-refractivity contribution >= 4 is 18.3 Å². The predicted molar refractivity (Wildman–Crippen MR) is 90.2 cm³/mol. The van der Waals surface area contributed by atoms with Crippen molar-refractivity contribution in [3.05, 3.63) is 11.7 Å². The predicted octanol–water partition coefficient (Wildman–Crippen LogP) is 0.977. The molecular weight excluding hydrogens is 318 g/mol. The molecule has 0 spiro atoms. The summed E-state index contributed by atoms with van der Waals surface area (Å²) in [6.45, 7) is 7.59. The highest BCUT2D eigenvalue weighted by Gasteiger charge is 2.26. The number of carbonyl (C=O) groups is 1. The van der Waals surface area contributed by atoms with E-state index in [1.54, 1.807) is 0 Å². The number of piperidine rings is 1. The van der Waals surface area contributed by atoms with Gasteiger partial charge in [-0.25, -0.2) is 0 Å². The molecule has 0 radical (unpaired) electrons. The number of aromatic nitrogens is 2. The highest BCUT2D eigenvalue weighted by Crippen LogP contribution is 2.18. The maximum atomic E-state index is 12.0. The van der Waals surface area contributed by atoms with Crippen molar-refractivity contribution in [3.8, 4) is 0 Å². The van der Waals surface area contributed by atoms with Crippen LogP contribution in [0.25, 0.3) is 0 Å². The van der Waals surface area contributed by atoms with Crippen LogP contribution in [0.2, 0.25) is 0 Å². The van der Waals surface area contributed by atoms with Crippen LogP contribution >= 0.6 is 12.4 Å². The fraction of sp³-hybridized carbons (Fsp3) is 0.800. The first-order valence-corrected chi connectivity index (χ1v) is 8.10. The molecule has 0 aromatic carbocycles. The second kappa shape index (κ2) is 9.85. The number of likely N-dealkylation sites (tertiary alicyclic amines) is 1. The van der Waals surface area contributed by atoms with E-state index in [9.17, 15) is 4.79 Å². The van der Waals surface area contributed by atoms with Crippen LogP contribution in [-0.2, 0) is 17.8 Å². The molecule has 8 heteroatoms. The van der Waals surface area contributed by atoms with E-state index in [2.05, 4.69) is 34.2 Å². The smallest absolute Gasteiger partial charge is 0.240 e. The van der Waals surface area contributed by atoms with Crippen molar-refractivity contribution in [2.45, 2.75) is 39.7 Å². The van der Waals surface area contributed by atoms with Gasteiger partial charge in [0.25, 0.3) is 0 Å². The third-order valence-corrected chi connectivity index (χ3v) is 3.78. The van der Waals surface area contributed by atoms with Crippen molar-refractivity contribution in [1.82, 2.24) is 20.4 Å². The molecule has 1 amide bonds. The zero-order valence-corrected chi connectivity index (χ0v) is 14.8. The van der Waals surface area contributed by atoms with Crippen LogP contribution in [0.5, 0.6) is 0 Å². The van der Waals surface area contributed by atoms with Crippen LogP contribution < -0.4 is 11.1 Å². The minimum absolute atomic E-state index is 0. The molecule has 1 saturated heterocycles. The summed E-state index contributed by atoms with van der Waals surface area (Å²) in [5.41, 5.74) is 5.42. The van der Waals surface area contributed by atoms with E-state index in [1.807, 2.05) is 0 Å². The largest absolute Gasteiger partial charge is 0.355 e. The molecule has 1 unspecified atom stereocenters. The molecule has 3 N–H and O–H groups in total. The lowest BCUT2D eigenvalue weighted by Gasteiger charge is -2.30. The molecule has 1 aromatic rings. The lowest BCUT2D eigenvalue weighted by molar-refractivity contribution is -0.126. The van der Waals surface area contributed by atoms with Crippen LogP contribution in [0.15, 0.2) is 4.52 Å². The molecule has 0 aliphatic carbocycles. The number of hydrogen-bond donors (Lipinski definition) is 2. The van der Waals surface area contributed by atoms with Gasteiger partial charge in [-0.1, -0.05) is 19.0 Å². The summed E-state index contributed by atoms with van der Waals surface area (Å²) in [7, 11) is 0. The Labute approximate surface area is 143 Å². The number of hydrogen-bond acceptors (Lipinski definition) is 6. The summed E-state index contributed by atoms with van der Waals surface area (Å²) in [4.78, 5) is 18.7. The average molecular weight is 346 g/mol. The second-order valence-corrected chi connectivity index (χ2v) is 6.36. The van der Waals surface area contributed by atoms with Gasteiger partial charge in [0.05, 0.1) is 12.5 Å². The topological polar surface area (TPSA) is 97.3 Å². The van der Waals surface area contributed by atoms with E-state index in [-0.39, 0.29) is 24.2 Å². The Hall–Kier alpha value is -1.18. The average Bonchev–Trinajstić information content (AvgIpc) is 2.91. The summed E-state index contributed by atoms with van der Waals surface area (Å²) in [6.07, 6.45) is 2.76. The number of nitrogens with two attached hydrogens (primary N) is 1.